The van der Waals surface area contributed by atoms with Crippen molar-refractivity contribution in [2.75, 3.05) is 26.2 Å². The molecule has 33 heavy (non-hydrogen) atoms. The first-order valence-corrected chi connectivity index (χ1v) is 12.3. The Morgan fingerprint density at radius 2 is 1.73 bits per heavy atom. The maximum absolute atomic E-state index is 13.1. The first-order valence-electron chi connectivity index (χ1n) is 11.5. The van der Waals surface area contributed by atoms with E-state index in [2.05, 4.69) is 34.3 Å². The number of hydrogen-bond acceptors (Lipinski definition) is 5. The van der Waals surface area contributed by atoms with Gasteiger partial charge in [-0.15, -0.1) is 11.3 Å². The highest BCUT2D eigenvalue weighted by atomic mass is 32.1. The zero-order valence-corrected chi connectivity index (χ0v) is 19.7. The van der Waals surface area contributed by atoms with E-state index in [1.54, 1.807) is 16.0 Å². The Labute approximate surface area is 197 Å². The minimum atomic E-state index is -0.0602. The monoisotopic (exact) mass is 460 g/mol. The van der Waals surface area contributed by atoms with Crippen LogP contribution in [0, 0.1) is 6.92 Å². The first-order chi connectivity index (χ1) is 16.1. The summed E-state index contributed by atoms with van der Waals surface area (Å²) in [5.41, 5.74) is 2.11. The average Bonchev–Trinajstić information content (AvgIpc) is 3.24. The van der Waals surface area contributed by atoms with E-state index in [4.69, 9.17) is 0 Å². The molecule has 0 aliphatic carbocycles. The van der Waals surface area contributed by atoms with Gasteiger partial charge in [0.2, 0.25) is 5.91 Å². The Hall–Kier alpha value is -3.03. The number of aromatic nitrogens is 2. The van der Waals surface area contributed by atoms with E-state index in [9.17, 15) is 9.59 Å². The van der Waals surface area contributed by atoms with Gasteiger partial charge in [-0.3, -0.25) is 14.5 Å². The maximum Gasteiger partial charge on any atom is 0.276 e. The number of rotatable bonds is 6. The van der Waals surface area contributed by atoms with Crippen molar-refractivity contribution in [2.24, 2.45) is 0 Å². The van der Waals surface area contributed by atoms with E-state index in [-0.39, 0.29) is 11.5 Å². The van der Waals surface area contributed by atoms with Crippen LogP contribution in [-0.4, -0.2) is 51.7 Å². The third-order valence-electron chi connectivity index (χ3n) is 6.38. The lowest BCUT2D eigenvalue weighted by atomic mass is 10.2. The molecule has 1 aliphatic heterocycles. The van der Waals surface area contributed by atoms with Gasteiger partial charge in [-0.25, -0.2) is 4.68 Å². The Morgan fingerprint density at radius 1 is 1.00 bits per heavy atom. The number of carbonyl (C=O) groups excluding carboxylic acids is 1. The number of hydrogen-bond donors (Lipinski definition) is 0. The van der Waals surface area contributed by atoms with Crippen molar-refractivity contribution in [2.45, 2.75) is 32.9 Å². The molecule has 1 saturated heterocycles. The summed E-state index contributed by atoms with van der Waals surface area (Å²) in [6.45, 7) is 6.64. The predicted octanol–water partition coefficient (Wildman–Crippen LogP) is 4.04. The van der Waals surface area contributed by atoms with Gasteiger partial charge in [-0.1, -0.05) is 48.5 Å². The van der Waals surface area contributed by atoms with Crippen molar-refractivity contribution in [3.63, 3.8) is 0 Å². The fourth-order valence-corrected chi connectivity index (χ4v) is 5.73. The number of aryl methyl sites for hydroxylation is 2. The molecule has 7 heteroatoms. The van der Waals surface area contributed by atoms with Crippen molar-refractivity contribution < 1.29 is 4.79 Å². The summed E-state index contributed by atoms with van der Waals surface area (Å²) in [4.78, 5) is 30.2. The molecule has 0 N–H and O–H groups in total. The summed E-state index contributed by atoms with van der Waals surface area (Å²) < 4.78 is 3.61. The summed E-state index contributed by atoms with van der Waals surface area (Å²) in [5, 5.41) is 6.28. The topological polar surface area (TPSA) is 58.4 Å². The predicted molar refractivity (Wildman–Crippen MR) is 134 cm³/mol. The molecule has 0 spiro atoms. The Morgan fingerprint density at radius 3 is 2.52 bits per heavy atom. The summed E-state index contributed by atoms with van der Waals surface area (Å²) in [5.74, 6) is 0.168. The van der Waals surface area contributed by atoms with Crippen LogP contribution in [0.3, 0.4) is 0 Å². The van der Waals surface area contributed by atoms with E-state index < -0.39 is 0 Å². The molecule has 3 heterocycles. The van der Waals surface area contributed by atoms with Crippen LogP contribution in [0.15, 0.2) is 59.4 Å². The van der Waals surface area contributed by atoms with Gasteiger partial charge in [0.15, 0.2) is 0 Å². The fraction of sp³-hybridized carbons (Fsp3) is 0.346. The van der Waals surface area contributed by atoms with Crippen LogP contribution in [0.5, 0.6) is 0 Å². The van der Waals surface area contributed by atoms with Gasteiger partial charge in [0.1, 0.15) is 0 Å². The first kappa shape index (κ1) is 21.8. The lowest BCUT2D eigenvalue weighted by molar-refractivity contribution is -0.133. The summed E-state index contributed by atoms with van der Waals surface area (Å²) >= 11 is 1.62. The largest absolute Gasteiger partial charge is 0.340 e. The van der Waals surface area contributed by atoms with E-state index in [0.29, 0.717) is 19.4 Å². The lowest BCUT2D eigenvalue weighted by Crippen LogP contribution is -2.48. The number of fused-ring (bicyclic) bond motifs is 3. The summed E-state index contributed by atoms with van der Waals surface area (Å²) in [7, 11) is 0. The van der Waals surface area contributed by atoms with Crippen molar-refractivity contribution in [1.29, 1.82) is 0 Å². The van der Waals surface area contributed by atoms with E-state index >= 15 is 0 Å². The molecule has 0 saturated carbocycles. The van der Waals surface area contributed by atoms with Crippen molar-refractivity contribution >= 4 is 37.4 Å². The van der Waals surface area contributed by atoms with Gasteiger partial charge in [0, 0.05) is 55.8 Å². The Balaban J connectivity index is 1.18. The van der Waals surface area contributed by atoms with Crippen LogP contribution < -0.4 is 5.56 Å². The zero-order chi connectivity index (χ0) is 22.8. The van der Waals surface area contributed by atoms with Crippen molar-refractivity contribution in [3.05, 3.63) is 76.2 Å². The number of piperazine rings is 1. The second-order valence-corrected chi connectivity index (χ2v) is 9.71. The van der Waals surface area contributed by atoms with E-state index in [1.165, 1.54) is 5.56 Å². The van der Waals surface area contributed by atoms with Crippen LogP contribution in [0.1, 0.15) is 24.1 Å². The number of amides is 1. The smallest absolute Gasteiger partial charge is 0.276 e. The molecule has 0 unspecified atom stereocenters. The second kappa shape index (κ2) is 9.45. The quantitative estimate of drug-likeness (QED) is 0.436. The molecular formula is C26H28N4O2S. The molecule has 1 aliphatic rings. The molecule has 2 aromatic carbocycles. The van der Waals surface area contributed by atoms with E-state index in [1.807, 2.05) is 42.2 Å². The van der Waals surface area contributed by atoms with Gasteiger partial charge in [-0.2, -0.15) is 5.10 Å². The minimum absolute atomic E-state index is 0.0602. The second-order valence-electron chi connectivity index (χ2n) is 8.66. The van der Waals surface area contributed by atoms with Crippen LogP contribution in [-0.2, 0) is 17.9 Å². The van der Waals surface area contributed by atoms with Crippen LogP contribution in [0.4, 0.5) is 0 Å². The highest BCUT2D eigenvalue weighted by Crippen LogP contribution is 2.32. The number of benzene rings is 2. The molecule has 5 rings (SSSR count). The Bertz CT molecular complexity index is 1340. The third-order valence-corrected chi connectivity index (χ3v) is 7.66. The van der Waals surface area contributed by atoms with Gasteiger partial charge >= 0.3 is 0 Å². The zero-order valence-electron chi connectivity index (χ0n) is 18.9. The number of carbonyl (C=O) groups is 1. The van der Waals surface area contributed by atoms with Gasteiger partial charge in [-0.05, 0) is 25.0 Å². The molecule has 6 nitrogen and oxygen atoms in total. The molecule has 170 valence electrons. The van der Waals surface area contributed by atoms with Crippen LogP contribution >= 0.6 is 11.3 Å². The average molecular weight is 461 g/mol. The molecular weight excluding hydrogens is 432 g/mol. The van der Waals surface area contributed by atoms with Gasteiger partial charge < -0.3 is 4.90 Å². The SMILES string of the molecule is Cc1nn(CCCC(=O)N2CCN(Cc3ccccc3)CC2)c(=O)c2c1sc1ccccc12. The summed E-state index contributed by atoms with van der Waals surface area (Å²) in [6.07, 6.45) is 1.05. The fourth-order valence-electron chi connectivity index (χ4n) is 4.60. The molecule has 1 fully saturated rings. The van der Waals surface area contributed by atoms with Crippen LogP contribution in [0.2, 0.25) is 0 Å². The normalized spacial score (nSPS) is 14.9. The maximum atomic E-state index is 13.1. The van der Waals surface area contributed by atoms with Gasteiger partial charge in [0.25, 0.3) is 5.56 Å². The van der Waals surface area contributed by atoms with Crippen LogP contribution in [0.25, 0.3) is 20.2 Å². The van der Waals surface area contributed by atoms with Gasteiger partial charge in [0.05, 0.1) is 15.8 Å². The van der Waals surface area contributed by atoms with E-state index in [0.717, 1.165) is 58.6 Å². The molecule has 0 radical (unpaired) electrons. The lowest BCUT2D eigenvalue weighted by Gasteiger charge is -2.34. The Kier molecular flexibility index (Phi) is 6.24. The minimum Gasteiger partial charge on any atom is -0.340 e. The highest BCUT2D eigenvalue weighted by Gasteiger charge is 2.21. The molecule has 0 bridgehead atoms. The third kappa shape index (κ3) is 4.56. The summed E-state index contributed by atoms with van der Waals surface area (Å²) in [6, 6.07) is 18.5. The molecule has 4 aromatic rings. The molecule has 1 amide bonds. The molecule has 2 aromatic heterocycles. The number of thiophene rings is 1. The standard InChI is InChI=1S/C26H28N4O2S/c1-19-25-24(21-10-5-6-11-22(21)33-25)26(32)30(27-19)13-7-12-23(31)29-16-14-28(15-17-29)18-20-8-3-2-4-9-20/h2-6,8-11H,7,12-18H2,1H3. The molecule has 0 atom stereocenters. The number of nitrogens with zero attached hydrogens (tertiary/aromatic N) is 4. The van der Waals surface area contributed by atoms with Crippen molar-refractivity contribution in [3.8, 4) is 0 Å². The highest BCUT2D eigenvalue weighted by molar-refractivity contribution is 7.26. The van der Waals surface area contributed by atoms with Crippen molar-refractivity contribution in [1.82, 2.24) is 19.6 Å².